The summed E-state index contributed by atoms with van der Waals surface area (Å²) in [5.74, 6) is 1.20. The summed E-state index contributed by atoms with van der Waals surface area (Å²) in [5, 5.41) is 6.75. The normalized spacial score (nSPS) is 16.4. The van der Waals surface area contributed by atoms with Gasteiger partial charge in [-0.05, 0) is 60.7 Å². The molecule has 1 amide bonds. The second kappa shape index (κ2) is 11.6. The molecule has 9 nitrogen and oxygen atoms in total. The van der Waals surface area contributed by atoms with Crippen LogP contribution in [0.2, 0.25) is 0 Å². The van der Waals surface area contributed by atoms with E-state index in [0.29, 0.717) is 40.1 Å². The quantitative estimate of drug-likeness (QED) is 0.210. The molecular formula is C30H28N4O5S. The number of benzene rings is 2. The first kappa shape index (κ1) is 26.9. The van der Waals surface area contributed by atoms with Crippen molar-refractivity contribution in [2.45, 2.75) is 25.4 Å². The molecule has 1 aliphatic heterocycles. The molecule has 2 aromatic heterocycles. The zero-order valence-electron chi connectivity index (χ0n) is 22.2. The second-order valence-electron chi connectivity index (χ2n) is 9.06. The summed E-state index contributed by atoms with van der Waals surface area (Å²) >= 11 is 5.82. The minimum atomic E-state index is -0.423. The van der Waals surface area contributed by atoms with E-state index in [1.54, 1.807) is 44.5 Å². The molecule has 0 radical (unpaired) electrons. The van der Waals surface area contributed by atoms with Crippen molar-refractivity contribution in [1.82, 2.24) is 10.3 Å². The number of rotatable bonds is 8. The highest BCUT2D eigenvalue weighted by molar-refractivity contribution is 7.80. The summed E-state index contributed by atoms with van der Waals surface area (Å²) in [7, 11) is 2.90. The Morgan fingerprint density at radius 3 is 2.65 bits per heavy atom. The number of amides is 1. The molecular weight excluding hydrogens is 528 g/mol. The number of hydrogen-bond donors (Lipinski definition) is 2. The Bertz CT molecular complexity index is 1550. The molecule has 40 heavy (non-hydrogen) atoms. The van der Waals surface area contributed by atoms with Crippen LogP contribution >= 0.6 is 12.2 Å². The Morgan fingerprint density at radius 2 is 1.93 bits per heavy atom. The molecule has 5 rings (SSSR count). The molecule has 0 unspecified atom stereocenters. The van der Waals surface area contributed by atoms with Crippen molar-refractivity contribution in [1.29, 1.82) is 0 Å². The lowest BCUT2D eigenvalue weighted by Crippen LogP contribution is -2.29. The zero-order chi connectivity index (χ0) is 28.2. The van der Waals surface area contributed by atoms with Crippen molar-refractivity contribution < 1.29 is 23.5 Å². The number of ether oxygens (including phenoxy) is 2. The number of pyridine rings is 1. The third-order valence-electron chi connectivity index (χ3n) is 6.64. The van der Waals surface area contributed by atoms with Gasteiger partial charge in [-0.1, -0.05) is 25.1 Å². The van der Waals surface area contributed by atoms with Crippen molar-refractivity contribution in [3.05, 3.63) is 96.0 Å². The molecule has 2 N–H and O–H groups in total. The number of methoxy groups -OCH3 is 2. The summed E-state index contributed by atoms with van der Waals surface area (Å²) in [6.07, 6.45) is 2.09. The summed E-state index contributed by atoms with van der Waals surface area (Å²) in [6, 6.07) is 21.3. The molecule has 2 atom stereocenters. The number of esters is 1. The molecule has 204 valence electrons. The van der Waals surface area contributed by atoms with Crippen LogP contribution in [0, 0.1) is 0 Å². The Balaban J connectivity index is 1.57. The molecule has 0 spiro atoms. The van der Waals surface area contributed by atoms with Gasteiger partial charge in [-0.3, -0.25) is 9.78 Å². The minimum absolute atomic E-state index is 0.114. The molecule has 1 fully saturated rings. The van der Waals surface area contributed by atoms with Gasteiger partial charge in [0.25, 0.3) is 0 Å². The Morgan fingerprint density at radius 1 is 1.07 bits per heavy atom. The number of nitrogens with one attached hydrogen (secondary N) is 2. The summed E-state index contributed by atoms with van der Waals surface area (Å²) in [6.45, 7) is 1.79. The van der Waals surface area contributed by atoms with E-state index in [0.717, 1.165) is 16.9 Å². The van der Waals surface area contributed by atoms with Gasteiger partial charge in [0.05, 0.1) is 37.2 Å². The van der Waals surface area contributed by atoms with Crippen molar-refractivity contribution in [2.24, 2.45) is 0 Å². The number of carbonyl (C=O) groups excluding carboxylic acids is 2. The van der Waals surface area contributed by atoms with E-state index >= 15 is 0 Å². The number of carbonyl (C=O) groups is 2. The smallest absolute Gasteiger partial charge is 0.337 e. The number of thiocarbonyl (C=S) groups is 1. The van der Waals surface area contributed by atoms with Gasteiger partial charge in [0.2, 0.25) is 5.91 Å². The number of furan rings is 1. The van der Waals surface area contributed by atoms with Crippen LogP contribution in [-0.2, 0) is 9.53 Å². The molecule has 4 aromatic rings. The van der Waals surface area contributed by atoms with Crippen LogP contribution in [0.5, 0.6) is 5.75 Å². The van der Waals surface area contributed by atoms with E-state index in [1.807, 2.05) is 53.4 Å². The summed E-state index contributed by atoms with van der Waals surface area (Å²) in [4.78, 5) is 30.6. The average molecular weight is 557 g/mol. The average Bonchev–Trinajstić information content (AvgIpc) is 3.62. The second-order valence-corrected chi connectivity index (χ2v) is 9.44. The molecule has 0 aliphatic carbocycles. The lowest BCUT2D eigenvalue weighted by atomic mass is 10.0. The summed E-state index contributed by atoms with van der Waals surface area (Å²) < 4.78 is 16.9. The molecule has 0 saturated carbocycles. The number of aromatic nitrogens is 1. The van der Waals surface area contributed by atoms with E-state index < -0.39 is 12.0 Å². The van der Waals surface area contributed by atoms with Gasteiger partial charge < -0.3 is 29.4 Å². The highest BCUT2D eigenvalue weighted by atomic mass is 32.1. The van der Waals surface area contributed by atoms with Gasteiger partial charge in [0.1, 0.15) is 23.3 Å². The largest absolute Gasteiger partial charge is 0.494 e. The van der Waals surface area contributed by atoms with Crippen LogP contribution in [0.15, 0.2) is 83.4 Å². The van der Waals surface area contributed by atoms with Crippen LogP contribution in [0.25, 0.3) is 11.3 Å². The zero-order valence-corrected chi connectivity index (χ0v) is 23.0. The maximum absolute atomic E-state index is 12.1. The molecule has 1 saturated heterocycles. The molecule has 2 aromatic carbocycles. The van der Waals surface area contributed by atoms with Crippen LogP contribution < -0.4 is 20.3 Å². The van der Waals surface area contributed by atoms with Gasteiger partial charge in [0, 0.05) is 29.9 Å². The maximum atomic E-state index is 12.1. The minimum Gasteiger partial charge on any atom is -0.494 e. The van der Waals surface area contributed by atoms with Crippen LogP contribution in [0.1, 0.15) is 47.2 Å². The van der Waals surface area contributed by atoms with Gasteiger partial charge in [-0.15, -0.1) is 0 Å². The lowest BCUT2D eigenvalue weighted by Gasteiger charge is -2.27. The number of anilines is 2. The Hall–Kier alpha value is -4.70. The van der Waals surface area contributed by atoms with Crippen molar-refractivity contribution in [3.63, 3.8) is 0 Å². The van der Waals surface area contributed by atoms with Crippen LogP contribution in [-0.4, -0.2) is 36.2 Å². The van der Waals surface area contributed by atoms with Gasteiger partial charge in [-0.2, -0.15) is 0 Å². The lowest BCUT2D eigenvalue weighted by molar-refractivity contribution is -0.115. The maximum Gasteiger partial charge on any atom is 0.337 e. The predicted octanol–water partition coefficient (Wildman–Crippen LogP) is 5.66. The fourth-order valence-corrected chi connectivity index (χ4v) is 5.02. The molecule has 10 heteroatoms. The van der Waals surface area contributed by atoms with E-state index in [1.165, 1.54) is 7.11 Å². The van der Waals surface area contributed by atoms with Crippen LogP contribution in [0.4, 0.5) is 11.4 Å². The highest BCUT2D eigenvalue weighted by Crippen LogP contribution is 2.44. The molecule has 1 aliphatic rings. The topological polar surface area (TPSA) is 106 Å². The first-order valence-corrected chi connectivity index (χ1v) is 13.1. The van der Waals surface area contributed by atoms with Crippen molar-refractivity contribution in [2.75, 3.05) is 24.4 Å². The van der Waals surface area contributed by atoms with Gasteiger partial charge in [-0.25, -0.2) is 4.79 Å². The molecule has 3 heterocycles. The third kappa shape index (κ3) is 5.26. The monoisotopic (exact) mass is 556 g/mol. The highest BCUT2D eigenvalue weighted by Gasteiger charge is 2.42. The third-order valence-corrected chi connectivity index (χ3v) is 6.96. The van der Waals surface area contributed by atoms with E-state index in [4.69, 9.17) is 26.1 Å². The number of hydrogen-bond acceptors (Lipinski definition) is 7. The predicted molar refractivity (Wildman–Crippen MR) is 155 cm³/mol. The van der Waals surface area contributed by atoms with E-state index in [9.17, 15) is 9.59 Å². The van der Waals surface area contributed by atoms with Crippen molar-refractivity contribution >= 4 is 40.6 Å². The standard InChI is InChI=1S/C30H28N4O5S/c1-4-26(35)32-21-12-11-20(17-25(21)37-2)34-28(27(33-30(34)40)22-10-5-6-15-31-22)24-14-13-23(39-24)18-8-7-9-19(16-18)29(36)38-3/h5-17,27-28H,4H2,1-3H3,(H,32,35)(H,33,40)/t27-,28-/m1/s1. The van der Waals surface area contributed by atoms with Gasteiger partial charge >= 0.3 is 5.97 Å². The van der Waals surface area contributed by atoms with Gasteiger partial charge in [0.15, 0.2) is 5.11 Å². The van der Waals surface area contributed by atoms with E-state index in [2.05, 4.69) is 15.6 Å². The fraction of sp³-hybridized carbons (Fsp3) is 0.200. The van der Waals surface area contributed by atoms with Crippen LogP contribution in [0.3, 0.4) is 0 Å². The van der Waals surface area contributed by atoms with E-state index in [-0.39, 0.29) is 11.9 Å². The molecule has 0 bridgehead atoms. The summed E-state index contributed by atoms with van der Waals surface area (Å²) in [5.41, 5.74) is 3.28. The Kier molecular flexibility index (Phi) is 7.79. The number of nitrogens with zero attached hydrogens (tertiary/aromatic N) is 2. The fourth-order valence-electron chi connectivity index (χ4n) is 4.68. The van der Waals surface area contributed by atoms with Crippen molar-refractivity contribution in [3.8, 4) is 17.1 Å². The Labute approximate surface area is 237 Å². The first-order chi connectivity index (χ1) is 19.4. The SMILES string of the molecule is CCC(=O)Nc1ccc(N2C(=S)N[C@H](c3ccccn3)[C@H]2c2ccc(-c3cccc(C(=O)OC)c3)o2)cc1OC. The first-order valence-electron chi connectivity index (χ1n) is 12.7.